The summed E-state index contributed by atoms with van der Waals surface area (Å²) in [6.45, 7) is 1.07. The van der Waals surface area contributed by atoms with Crippen molar-refractivity contribution in [3.05, 3.63) is 36.2 Å². The maximum Gasteiger partial charge on any atom is 0.0935 e. The topological polar surface area (TPSA) is 47.7 Å². The third-order valence-corrected chi connectivity index (χ3v) is 2.31. The Balaban J connectivity index is 2.32. The Morgan fingerprint density at radius 2 is 2.08 bits per heavy atom. The molecule has 3 rings (SSSR count). The van der Waals surface area contributed by atoms with E-state index in [2.05, 4.69) is 21.4 Å². The Morgan fingerprint density at radius 3 is 2.92 bits per heavy atom. The molecule has 0 saturated carbocycles. The number of fused-ring (bicyclic) bond motifs is 1. The van der Waals surface area contributed by atoms with E-state index in [-0.39, 0.29) is 0 Å². The smallest absolute Gasteiger partial charge is 0.0935 e. The number of aromatic nitrogens is 2. The lowest BCUT2D eigenvalue weighted by molar-refractivity contribution is 1.08. The fraction of sp³-hybridized carbons (Fsp3) is 0.200. The molecule has 1 aromatic heterocycles. The van der Waals surface area contributed by atoms with Crippen LogP contribution in [0, 0.1) is 0 Å². The summed E-state index contributed by atoms with van der Waals surface area (Å²) >= 11 is 0. The molecule has 1 aromatic carbocycles. The quantitative estimate of drug-likeness (QED) is 0.657. The Bertz CT molecular complexity index is 443. The van der Waals surface area contributed by atoms with E-state index in [1.54, 1.807) is 12.4 Å². The molecule has 1 atom stereocenters. The molecule has 13 heavy (non-hydrogen) atoms. The third kappa shape index (κ3) is 1.09. The lowest BCUT2D eigenvalue weighted by atomic mass is 10.1. The second-order valence-electron chi connectivity index (χ2n) is 3.23. The molecule has 0 radical (unpaired) electrons. The third-order valence-electron chi connectivity index (χ3n) is 2.31. The molecule has 0 spiro atoms. The van der Waals surface area contributed by atoms with Crippen LogP contribution in [0.25, 0.3) is 11.0 Å². The highest BCUT2D eigenvalue weighted by molar-refractivity contribution is 5.78. The molecule has 0 aliphatic carbocycles. The van der Waals surface area contributed by atoms with Crippen LogP contribution in [0.5, 0.6) is 0 Å². The fourth-order valence-electron chi connectivity index (χ4n) is 1.58. The predicted octanol–water partition coefficient (Wildman–Crippen LogP) is 1.27. The molecule has 1 fully saturated rings. The maximum atomic E-state index is 4.34. The standard InChI is InChI=1S/C10H9N3/c1-2-7(9-6-13-9)10-8(3-1)11-4-5-12-10/h1-5,9,13H,6H2/t9-/m1/s1. The minimum atomic E-state index is 0.500. The van der Waals surface area contributed by atoms with Crippen LogP contribution >= 0.6 is 0 Å². The summed E-state index contributed by atoms with van der Waals surface area (Å²) in [6.07, 6.45) is 3.47. The van der Waals surface area contributed by atoms with Crippen LogP contribution in [0.15, 0.2) is 30.6 Å². The molecule has 0 amide bonds. The van der Waals surface area contributed by atoms with Crippen LogP contribution < -0.4 is 5.32 Å². The summed E-state index contributed by atoms with van der Waals surface area (Å²) in [5.41, 5.74) is 3.28. The average molecular weight is 171 g/mol. The van der Waals surface area contributed by atoms with E-state index in [1.807, 2.05) is 12.1 Å². The van der Waals surface area contributed by atoms with E-state index in [1.165, 1.54) is 5.56 Å². The highest BCUT2D eigenvalue weighted by atomic mass is 15.1. The van der Waals surface area contributed by atoms with Crippen molar-refractivity contribution in [3.63, 3.8) is 0 Å². The molecule has 3 heteroatoms. The lowest BCUT2D eigenvalue weighted by Crippen LogP contribution is -1.90. The van der Waals surface area contributed by atoms with E-state index in [4.69, 9.17) is 0 Å². The Hall–Kier alpha value is -1.48. The number of hydrogen-bond acceptors (Lipinski definition) is 3. The van der Waals surface area contributed by atoms with E-state index < -0.39 is 0 Å². The predicted molar refractivity (Wildman–Crippen MR) is 50.3 cm³/mol. The van der Waals surface area contributed by atoms with Crippen molar-refractivity contribution in [2.75, 3.05) is 6.54 Å². The average Bonchev–Trinajstić information content (AvgIpc) is 3.00. The van der Waals surface area contributed by atoms with Crippen LogP contribution in [-0.4, -0.2) is 16.5 Å². The van der Waals surface area contributed by atoms with Gasteiger partial charge in [-0.2, -0.15) is 0 Å². The summed E-state index contributed by atoms with van der Waals surface area (Å²) in [4.78, 5) is 8.60. The van der Waals surface area contributed by atoms with Gasteiger partial charge in [-0.3, -0.25) is 9.97 Å². The zero-order chi connectivity index (χ0) is 8.67. The van der Waals surface area contributed by atoms with Crippen LogP contribution in [0.3, 0.4) is 0 Å². The number of hydrogen-bond donors (Lipinski definition) is 1. The van der Waals surface area contributed by atoms with Crippen molar-refractivity contribution in [3.8, 4) is 0 Å². The number of benzene rings is 1. The van der Waals surface area contributed by atoms with Crippen molar-refractivity contribution in [1.29, 1.82) is 0 Å². The SMILES string of the molecule is c1cc([C@H]2CN2)c2nccnc2c1. The summed E-state index contributed by atoms with van der Waals surface area (Å²) in [5, 5.41) is 3.28. The zero-order valence-corrected chi connectivity index (χ0v) is 7.07. The monoisotopic (exact) mass is 171 g/mol. The first-order chi connectivity index (χ1) is 6.45. The normalized spacial score (nSPS) is 20.5. The first kappa shape index (κ1) is 6.97. The first-order valence-electron chi connectivity index (χ1n) is 4.38. The van der Waals surface area contributed by atoms with Crippen molar-refractivity contribution in [2.24, 2.45) is 0 Å². The van der Waals surface area contributed by atoms with Crippen molar-refractivity contribution in [2.45, 2.75) is 6.04 Å². The maximum absolute atomic E-state index is 4.34. The molecule has 2 aromatic rings. The van der Waals surface area contributed by atoms with E-state index in [0.717, 1.165) is 17.6 Å². The van der Waals surface area contributed by atoms with Gasteiger partial charge in [0.2, 0.25) is 0 Å². The van der Waals surface area contributed by atoms with E-state index in [9.17, 15) is 0 Å². The molecular formula is C10H9N3. The van der Waals surface area contributed by atoms with Gasteiger partial charge in [0.25, 0.3) is 0 Å². The minimum Gasteiger partial charge on any atom is -0.307 e. The molecule has 1 aliphatic heterocycles. The number of rotatable bonds is 1. The lowest BCUT2D eigenvalue weighted by Gasteiger charge is -2.00. The summed E-state index contributed by atoms with van der Waals surface area (Å²) in [7, 11) is 0. The molecule has 1 aliphatic rings. The summed E-state index contributed by atoms with van der Waals surface area (Å²) < 4.78 is 0. The van der Waals surface area contributed by atoms with Crippen molar-refractivity contribution in [1.82, 2.24) is 15.3 Å². The van der Waals surface area contributed by atoms with Gasteiger partial charge < -0.3 is 5.32 Å². The Labute approximate surface area is 75.8 Å². The van der Waals surface area contributed by atoms with Gasteiger partial charge in [0.1, 0.15) is 0 Å². The second kappa shape index (κ2) is 2.50. The largest absolute Gasteiger partial charge is 0.307 e. The van der Waals surface area contributed by atoms with Crippen LogP contribution in [-0.2, 0) is 0 Å². The summed E-state index contributed by atoms with van der Waals surface area (Å²) in [6, 6.07) is 6.64. The zero-order valence-electron chi connectivity index (χ0n) is 7.07. The van der Waals surface area contributed by atoms with Crippen LogP contribution in [0.1, 0.15) is 11.6 Å². The number of para-hydroxylation sites is 1. The number of nitrogens with one attached hydrogen (secondary N) is 1. The highest BCUT2D eigenvalue weighted by Crippen LogP contribution is 2.26. The second-order valence-corrected chi connectivity index (χ2v) is 3.23. The highest BCUT2D eigenvalue weighted by Gasteiger charge is 2.24. The molecule has 0 unspecified atom stereocenters. The van der Waals surface area contributed by atoms with Gasteiger partial charge in [-0.05, 0) is 11.6 Å². The molecule has 1 saturated heterocycles. The van der Waals surface area contributed by atoms with Gasteiger partial charge in [0, 0.05) is 25.0 Å². The summed E-state index contributed by atoms with van der Waals surface area (Å²) in [5.74, 6) is 0. The molecule has 0 bridgehead atoms. The molecule has 2 heterocycles. The first-order valence-corrected chi connectivity index (χ1v) is 4.38. The van der Waals surface area contributed by atoms with Gasteiger partial charge in [-0.1, -0.05) is 12.1 Å². The van der Waals surface area contributed by atoms with E-state index >= 15 is 0 Å². The molecule has 64 valence electrons. The van der Waals surface area contributed by atoms with Crippen LogP contribution in [0.2, 0.25) is 0 Å². The minimum absolute atomic E-state index is 0.500. The molecule has 3 nitrogen and oxygen atoms in total. The van der Waals surface area contributed by atoms with E-state index in [0.29, 0.717) is 6.04 Å². The Kier molecular flexibility index (Phi) is 1.34. The number of nitrogens with zero attached hydrogens (tertiary/aromatic N) is 2. The van der Waals surface area contributed by atoms with Crippen molar-refractivity contribution >= 4 is 11.0 Å². The Morgan fingerprint density at radius 1 is 1.23 bits per heavy atom. The van der Waals surface area contributed by atoms with Gasteiger partial charge >= 0.3 is 0 Å². The van der Waals surface area contributed by atoms with Crippen LogP contribution in [0.4, 0.5) is 0 Å². The van der Waals surface area contributed by atoms with Gasteiger partial charge in [-0.25, -0.2) is 0 Å². The van der Waals surface area contributed by atoms with Crippen molar-refractivity contribution < 1.29 is 0 Å². The van der Waals surface area contributed by atoms with Gasteiger partial charge in [0.05, 0.1) is 11.0 Å². The molecule has 1 N–H and O–H groups in total. The van der Waals surface area contributed by atoms with Gasteiger partial charge in [0.15, 0.2) is 0 Å². The molecular weight excluding hydrogens is 162 g/mol. The van der Waals surface area contributed by atoms with Gasteiger partial charge in [-0.15, -0.1) is 0 Å². The fourth-order valence-corrected chi connectivity index (χ4v) is 1.58.